The smallest absolute Gasteiger partial charge is 0.239 e. The molecule has 76 valence electrons. The van der Waals surface area contributed by atoms with Crippen molar-refractivity contribution in [3.05, 3.63) is 10.5 Å². The monoisotopic (exact) mass is 231 g/mol. The van der Waals surface area contributed by atoms with Gasteiger partial charge in [0, 0.05) is 6.04 Å². The van der Waals surface area contributed by atoms with Crippen molar-refractivity contribution >= 4 is 34.0 Å². The molecule has 1 heterocycles. The largest absolute Gasteiger partial charge is 0.352 e. The predicted octanol–water partition coefficient (Wildman–Crippen LogP) is 1.49. The maximum absolute atomic E-state index is 11.2. The van der Waals surface area contributed by atoms with Crippen LogP contribution < -0.4 is 10.6 Å². The van der Waals surface area contributed by atoms with Crippen LogP contribution in [0, 0.1) is 0 Å². The van der Waals surface area contributed by atoms with Gasteiger partial charge in [-0.25, -0.2) is 4.98 Å². The van der Waals surface area contributed by atoms with Crippen molar-refractivity contribution < 1.29 is 4.79 Å². The van der Waals surface area contributed by atoms with Gasteiger partial charge in [-0.2, -0.15) is 0 Å². The Morgan fingerprint density at radius 1 is 1.71 bits per heavy atom. The number of nitrogens with one attached hydrogen (secondary N) is 2. The summed E-state index contributed by atoms with van der Waals surface area (Å²) >= 11 is 7.01. The van der Waals surface area contributed by atoms with Crippen molar-refractivity contribution in [2.75, 3.05) is 11.9 Å². The highest BCUT2D eigenvalue weighted by Crippen LogP contribution is 2.22. The van der Waals surface area contributed by atoms with Crippen LogP contribution in [0.2, 0.25) is 4.34 Å². The average molecular weight is 232 g/mol. The number of hydrogen-bond acceptors (Lipinski definition) is 4. The summed E-state index contributed by atoms with van der Waals surface area (Å²) in [5.74, 6) is 0.0128. The maximum atomic E-state index is 11.2. The second kappa shape index (κ2) is 4.14. The first kappa shape index (κ1) is 9.73. The number of aromatic nitrogens is 1. The van der Waals surface area contributed by atoms with Crippen LogP contribution >= 0.6 is 22.9 Å². The highest BCUT2D eigenvalue weighted by atomic mass is 35.5. The van der Waals surface area contributed by atoms with Crippen molar-refractivity contribution in [3.63, 3.8) is 0 Å². The van der Waals surface area contributed by atoms with Gasteiger partial charge < -0.3 is 10.6 Å². The summed E-state index contributed by atoms with van der Waals surface area (Å²) in [6.45, 7) is 0.264. The van der Waals surface area contributed by atoms with Crippen molar-refractivity contribution in [1.82, 2.24) is 10.3 Å². The van der Waals surface area contributed by atoms with E-state index in [1.54, 1.807) is 6.20 Å². The fraction of sp³-hybridized carbons (Fsp3) is 0.500. The molecule has 0 unspecified atom stereocenters. The van der Waals surface area contributed by atoms with Crippen LogP contribution in [0.15, 0.2) is 6.20 Å². The van der Waals surface area contributed by atoms with Crippen LogP contribution in [-0.4, -0.2) is 23.5 Å². The van der Waals surface area contributed by atoms with E-state index >= 15 is 0 Å². The molecule has 0 bridgehead atoms. The highest BCUT2D eigenvalue weighted by Gasteiger charge is 2.22. The van der Waals surface area contributed by atoms with E-state index in [1.807, 2.05) is 0 Å². The SMILES string of the molecule is O=C(CNc1ncc(Cl)s1)NC1CC1. The minimum absolute atomic E-state index is 0.0128. The third kappa shape index (κ3) is 2.85. The number of carbonyl (C=O) groups excluding carboxylic acids is 1. The summed E-state index contributed by atoms with van der Waals surface area (Å²) in [7, 11) is 0. The van der Waals surface area contributed by atoms with Gasteiger partial charge in [0.1, 0.15) is 4.34 Å². The molecule has 0 radical (unpaired) electrons. The summed E-state index contributed by atoms with van der Waals surface area (Å²) in [5.41, 5.74) is 0. The molecule has 0 saturated heterocycles. The lowest BCUT2D eigenvalue weighted by atomic mass is 10.5. The number of halogens is 1. The highest BCUT2D eigenvalue weighted by molar-refractivity contribution is 7.19. The Balaban J connectivity index is 1.73. The fourth-order valence-corrected chi connectivity index (χ4v) is 1.81. The number of anilines is 1. The van der Waals surface area contributed by atoms with Crippen LogP contribution in [0.4, 0.5) is 5.13 Å². The van der Waals surface area contributed by atoms with Crippen LogP contribution in [0.1, 0.15) is 12.8 Å². The Bertz CT molecular complexity index is 337. The maximum Gasteiger partial charge on any atom is 0.239 e. The number of thiazole rings is 1. The van der Waals surface area contributed by atoms with Gasteiger partial charge in [-0.15, -0.1) is 0 Å². The van der Waals surface area contributed by atoms with Crippen LogP contribution in [0.25, 0.3) is 0 Å². The fourth-order valence-electron chi connectivity index (χ4n) is 0.998. The summed E-state index contributed by atoms with van der Waals surface area (Å²) < 4.78 is 0.620. The molecule has 0 atom stereocenters. The lowest BCUT2D eigenvalue weighted by Gasteiger charge is -2.03. The van der Waals surface area contributed by atoms with Gasteiger partial charge in [-0.05, 0) is 12.8 Å². The zero-order valence-electron chi connectivity index (χ0n) is 7.42. The van der Waals surface area contributed by atoms with Gasteiger partial charge in [0.2, 0.25) is 5.91 Å². The molecule has 2 N–H and O–H groups in total. The van der Waals surface area contributed by atoms with Gasteiger partial charge >= 0.3 is 0 Å². The molecular formula is C8H10ClN3OS. The molecule has 0 spiro atoms. The number of nitrogens with zero attached hydrogens (tertiary/aromatic N) is 1. The molecule has 1 aliphatic carbocycles. The van der Waals surface area contributed by atoms with Crippen LogP contribution in [0.3, 0.4) is 0 Å². The van der Waals surface area contributed by atoms with Crippen molar-refractivity contribution in [2.24, 2.45) is 0 Å². The molecule has 6 heteroatoms. The zero-order chi connectivity index (χ0) is 9.97. The standard InChI is InChI=1S/C8H10ClN3OS/c9-6-3-10-8(14-6)11-4-7(13)12-5-1-2-5/h3,5H,1-2,4H2,(H,10,11)(H,12,13). The minimum Gasteiger partial charge on any atom is -0.352 e. The van der Waals surface area contributed by atoms with E-state index < -0.39 is 0 Å². The van der Waals surface area contributed by atoms with Crippen LogP contribution in [-0.2, 0) is 4.79 Å². The molecule has 1 fully saturated rings. The van der Waals surface area contributed by atoms with E-state index in [9.17, 15) is 4.79 Å². The number of hydrogen-bond donors (Lipinski definition) is 2. The predicted molar refractivity (Wildman–Crippen MR) is 56.8 cm³/mol. The van der Waals surface area contributed by atoms with E-state index in [4.69, 9.17) is 11.6 Å². The summed E-state index contributed by atoms with van der Waals surface area (Å²) in [5, 5.41) is 6.46. The number of carbonyl (C=O) groups is 1. The first-order valence-electron chi connectivity index (χ1n) is 4.38. The van der Waals surface area contributed by atoms with Gasteiger partial charge in [-0.1, -0.05) is 22.9 Å². The lowest BCUT2D eigenvalue weighted by molar-refractivity contribution is -0.119. The third-order valence-corrected chi connectivity index (χ3v) is 2.89. The van der Waals surface area contributed by atoms with Crippen molar-refractivity contribution in [3.8, 4) is 0 Å². The van der Waals surface area contributed by atoms with E-state index in [-0.39, 0.29) is 12.5 Å². The molecule has 4 nitrogen and oxygen atoms in total. The van der Waals surface area contributed by atoms with E-state index in [0.29, 0.717) is 15.5 Å². The summed E-state index contributed by atoms with van der Waals surface area (Å²) in [4.78, 5) is 15.2. The molecule has 0 aliphatic heterocycles. The topological polar surface area (TPSA) is 54.0 Å². The van der Waals surface area contributed by atoms with Crippen molar-refractivity contribution in [2.45, 2.75) is 18.9 Å². The minimum atomic E-state index is 0.0128. The molecule has 1 amide bonds. The third-order valence-electron chi connectivity index (χ3n) is 1.82. The number of amides is 1. The molecule has 1 saturated carbocycles. The molecule has 1 aromatic heterocycles. The molecular weight excluding hydrogens is 222 g/mol. The Kier molecular flexibility index (Phi) is 2.88. The number of rotatable bonds is 4. The molecule has 1 aliphatic rings. The van der Waals surface area contributed by atoms with Crippen molar-refractivity contribution in [1.29, 1.82) is 0 Å². The Morgan fingerprint density at radius 2 is 2.50 bits per heavy atom. The molecule has 1 aromatic rings. The second-order valence-corrected chi connectivity index (χ2v) is 4.83. The first-order valence-corrected chi connectivity index (χ1v) is 5.58. The normalized spacial score (nSPS) is 15.2. The Hall–Kier alpha value is -0.810. The van der Waals surface area contributed by atoms with Gasteiger partial charge in [0.25, 0.3) is 0 Å². The second-order valence-electron chi connectivity index (χ2n) is 3.16. The molecule has 2 rings (SSSR count). The molecule has 14 heavy (non-hydrogen) atoms. The van der Waals surface area contributed by atoms with E-state index in [2.05, 4.69) is 15.6 Å². The summed E-state index contributed by atoms with van der Waals surface area (Å²) in [6, 6.07) is 0.407. The molecule has 0 aromatic carbocycles. The van der Waals surface area contributed by atoms with Gasteiger partial charge in [-0.3, -0.25) is 4.79 Å². The first-order chi connectivity index (χ1) is 6.74. The van der Waals surface area contributed by atoms with E-state index in [1.165, 1.54) is 11.3 Å². The Labute approximate surface area is 90.7 Å². The van der Waals surface area contributed by atoms with Gasteiger partial charge in [0.05, 0.1) is 12.7 Å². The lowest BCUT2D eigenvalue weighted by Crippen LogP contribution is -2.31. The van der Waals surface area contributed by atoms with Gasteiger partial charge in [0.15, 0.2) is 5.13 Å². The Morgan fingerprint density at radius 3 is 3.07 bits per heavy atom. The summed E-state index contributed by atoms with van der Waals surface area (Å²) in [6.07, 6.45) is 3.77. The average Bonchev–Trinajstić information content (AvgIpc) is 2.85. The van der Waals surface area contributed by atoms with E-state index in [0.717, 1.165) is 12.8 Å². The quantitative estimate of drug-likeness (QED) is 0.826. The van der Waals surface area contributed by atoms with Crippen LogP contribution in [0.5, 0.6) is 0 Å². The zero-order valence-corrected chi connectivity index (χ0v) is 8.99.